The lowest BCUT2D eigenvalue weighted by Crippen LogP contribution is -2.41. The van der Waals surface area contributed by atoms with Crippen molar-refractivity contribution in [2.45, 2.75) is 31.9 Å². The molecular formula is C20H26N2O2. The summed E-state index contributed by atoms with van der Waals surface area (Å²) in [5.41, 5.74) is 8.66. The van der Waals surface area contributed by atoms with Gasteiger partial charge in [-0.15, -0.1) is 0 Å². The van der Waals surface area contributed by atoms with E-state index in [9.17, 15) is 0 Å². The Kier molecular flexibility index (Phi) is 6.24. The number of benzene rings is 2. The second kappa shape index (κ2) is 8.83. The fourth-order valence-corrected chi connectivity index (χ4v) is 2.88. The molecule has 4 nitrogen and oxygen atoms in total. The fraction of sp³-hybridized carbons (Fsp3) is 0.400. The molecule has 0 bridgehead atoms. The Balaban J connectivity index is 1.45. The molecule has 0 unspecified atom stereocenters. The molecule has 0 saturated carbocycles. The van der Waals surface area contributed by atoms with Crippen molar-refractivity contribution in [1.29, 1.82) is 0 Å². The second-order valence-electron chi connectivity index (χ2n) is 6.31. The zero-order valence-corrected chi connectivity index (χ0v) is 14.1. The smallest absolute Gasteiger partial charge is 0.119 e. The van der Waals surface area contributed by atoms with Crippen LogP contribution in [0.15, 0.2) is 54.6 Å². The summed E-state index contributed by atoms with van der Waals surface area (Å²) in [5.74, 6) is 0.885. The van der Waals surface area contributed by atoms with E-state index in [1.54, 1.807) is 0 Å². The van der Waals surface area contributed by atoms with Crippen LogP contribution < -0.4 is 10.5 Å². The molecule has 1 fully saturated rings. The van der Waals surface area contributed by atoms with Gasteiger partial charge >= 0.3 is 0 Å². The van der Waals surface area contributed by atoms with Crippen LogP contribution in [0.4, 0.5) is 0 Å². The molecule has 3 rings (SSSR count). The van der Waals surface area contributed by atoms with Crippen LogP contribution in [0.2, 0.25) is 0 Å². The minimum atomic E-state index is 0.0826. The second-order valence-corrected chi connectivity index (χ2v) is 6.31. The highest BCUT2D eigenvalue weighted by molar-refractivity contribution is 5.28. The van der Waals surface area contributed by atoms with E-state index in [-0.39, 0.29) is 6.04 Å². The number of hydrogen-bond acceptors (Lipinski definition) is 4. The lowest BCUT2D eigenvalue weighted by molar-refractivity contribution is -0.182. The summed E-state index contributed by atoms with van der Waals surface area (Å²) in [4.78, 5) is 5.61. The van der Waals surface area contributed by atoms with E-state index < -0.39 is 0 Å². The van der Waals surface area contributed by atoms with E-state index in [1.807, 2.05) is 35.4 Å². The van der Waals surface area contributed by atoms with Gasteiger partial charge in [-0.25, -0.2) is 0 Å². The summed E-state index contributed by atoms with van der Waals surface area (Å²) in [6.45, 7) is 3.18. The molecule has 1 heterocycles. The molecule has 0 aromatic heterocycles. The van der Waals surface area contributed by atoms with Crippen molar-refractivity contribution in [1.82, 2.24) is 5.06 Å². The van der Waals surface area contributed by atoms with Crippen LogP contribution in [-0.2, 0) is 17.9 Å². The van der Waals surface area contributed by atoms with Gasteiger partial charge < -0.3 is 10.5 Å². The molecule has 24 heavy (non-hydrogen) atoms. The normalized spacial score (nSPS) is 16.7. The van der Waals surface area contributed by atoms with Crippen LogP contribution in [0, 0.1) is 0 Å². The Hall–Kier alpha value is -1.88. The SMILES string of the molecule is N[C@@H](Cc1ccc(OCc2ccccc2)cc1)CN1CCCCO1. The summed E-state index contributed by atoms with van der Waals surface area (Å²) in [7, 11) is 0. The molecule has 1 atom stereocenters. The minimum Gasteiger partial charge on any atom is -0.489 e. The molecule has 4 heteroatoms. The molecule has 0 radical (unpaired) electrons. The largest absolute Gasteiger partial charge is 0.489 e. The predicted octanol–water partition coefficient (Wildman–Crippen LogP) is 3.16. The summed E-state index contributed by atoms with van der Waals surface area (Å²) in [6, 6.07) is 18.5. The van der Waals surface area contributed by atoms with E-state index in [1.165, 1.54) is 17.5 Å². The van der Waals surface area contributed by atoms with Crippen LogP contribution in [0.3, 0.4) is 0 Å². The average Bonchev–Trinajstić information content (AvgIpc) is 2.63. The van der Waals surface area contributed by atoms with Gasteiger partial charge in [0.2, 0.25) is 0 Å². The quantitative estimate of drug-likeness (QED) is 0.849. The first kappa shape index (κ1) is 17.0. The lowest BCUT2D eigenvalue weighted by atomic mass is 10.1. The van der Waals surface area contributed by atoms with E-state index >= 15 is 0 Å². The number of rotatable bonds is 7. The first-order valence-corrected chi connectivity index (χ1v) is 8.69. The van der Waals surface area contributed by atoms with Crippen molar-refractivity contribution in [2.24, 2.45) is 5.73 Å². The topological polar surface area (TPSA) is 47.7 Å². The van der Waals surface area contributed by atoms with Gasteiger partial charge in [0.1, 0.15) is 12.4 Å². The highest BCUT2D eigenvalue weighted by Crippen LogP contribution is 2.15. The van der Waals surface area contributed by atoms with Gasteiger partial charge in [0.25, 0.3) is 0 Å². The van der Waals surface area contributed by atoms with Gasteiger partial charge in [0.15, 0.2) is 0 Å². The molecule has 0 aliphatic carbocycles. The molecule has 2 aromatic carbocycles. The van der Waals surface area contributed by atoms with Gasteiger partial charge in [-0.2, -0.15) is 5.06 Å². The fourth-order valence-electron chi connectivity index (χ4n) is 2.88. The minimum absolute atomic E-state index is 0.0826. The maximum Gasteiger partial charge on any atom is 0.119 e. The summed E-state index contributed by atoms with van der Waals surface area (Å²) in [6.07, 6.45) is 3.19. The van der Waals surface area contributed by atoms with Crippen molar-refractivity contribution >= 4 is 0 Å². The predicted molar refractivity (Wildman–Crippen MR) is 95.7 cm³/mol. The number of hydroxylamine groups is 2. The summed E-state index contributed by atoms with van der Waals surface area (Å²) < 4.78 is 5.81. The molecule has 2 N–H and O–H groups in total. The van der Waals surface area contributed by atoms with E-state index in [0.717, 1.165) is 38.3 Å². The molecule has 0 amide bonds. The first-order chi connectivity index (χ1) is 11.8. The Morgan fingerprint density at radius 3 is 2.50 bits per heavy atom. The zero-order chi connectivity index (χ0) is 16.6. The highest BCUT2D eigenvalue weighted by atomic mass is 16.7. The number of ether oxygens (including phenoxy) is 1. The van der Waals surface area contributed by atoms with E-state index in [0.29, 0.717) is 6.61 Å². The molecule has 2 aromatic rings. The van der Waals surface area contributed by atoms with Gasteiger partial charge in [-0.3, -0.25) is 4.84 Å². The lowest BCUT2D eigenvalue weighted by Gasteiger charge is -2.28. The number of hydrogen-bond donors (Lipinski definition) is 1. The Morgan fingerprint density at radius 1 is 1.00 bits per heavy atom. The summed E-state index contributed by atoms with van der Waals surface area (Å²) in [5, 5.41) is 2.01. The maximum absolute atomic E-state index is 6.26. The standard InChI is InChI=1S/C20H26N2O2/c21-19(15-22-12-4-5-13-24-22)14-17-8-10-20(11-9-17)23-16-18-6-2-1-3-7-18/h1-3,6-11,19H,4-5,12-16,21H2/t19-/m0/s1. The van der Waals surface area contributed by atoms with Crippen LogP contribution in [-0.4, -0.2) is 30.8 Å². The van der Waals surface area contributed by atoms with Crippen molar-refractivity contribution in [3.05, 3.63) is 65.7 Å². The third kappa shape index (κ3) is 5.34. The highest BCUT2D eigenvalue weighted by Gasteiger charge is 2.14. The molecule has 1 saturated heterocycles. The molecule has 0 spiro atoms. The first-order valence-electron chi connectivity index (χ1n) is 8.69. The molecule has 1 aliphatic rings. The number of nitrogens with two attached hydrogens (primary N) is 1. The Bertz CT molecular complexity index is 595. The average molecular weight is 326 g/mol. The van der Waals surface area contributed by atoms with Gasteiger partial charge in [0.05, 0.1) is 6.61 Å². The maximum atomic E-state index is 6.26. The van der Waals surface area contributed by atoms with E-state index in [2.05, 4.69) is 24.3 Å². The molecule has 128 valence electrons. The van der Waals surface area contributed by atoms with Crippen LogP contribution in [0.5, 0.6) is 5.75 Å². The van der Waals surface area contributed by atoms with Crippen molar-refractivity contribution in [3.63, 3.8) is 0 Å². The molecular weight excluding hydrogens is 300 g/mol. The molecule has 1 aliphatic heterocycles. The van der Waals surface area contributed by atoms with Crippen molar-refractivity contribution in [2.75, 3.05) is 19.7 Å². The van der Waals surface area contributed by atoms with Crippen LogP contribution in [0.25, 0.3) is 0 Å². The van der Waals surface area contributed by atoms with Gasteiger partial charge in [0, 0.05) is 19.1 Å². The van der Waals surface area contributed by atoms with Crippen LogP contribution >= 0.6 is 0 Å². The van der Waals surface area contributed by atoms with Gasteiger partial charge in [-0.1, -0.05) is 42.5 Å². The van der Waals surface area contributed by atoms with Crippen LogP contribution in [0.1, 0.15) is 24.0 Å². The third-order valence-electron chi connectivity index (χ3n) is 4.18. The van der Waals surface area contributed by atoms with Crippen molar-refractivity contribution in [3.8, 4) is 5.75 Å². The van der Waals surface area contributed by atoms with E-state index in [4.69, 9.17) is 15.3 Å². The van der Waals surface area contributed by atoms with Gasteiger partial charge in [-0.05, 0) is 42.5 Å². The number of nitrogens with zero attached hydrogens (tertiary/aromatic N) is 1. The zero-order valence-electron chi connectivity index (χ0n) is 14.1. The Morgan fingerprint density at radius 2 is 1.79 bits per heavy atom. The third-order valence-corrected chi connectivity index (χ3v) is 4.18. The van der Waals surface area contributed by atoms with Crippen molar-refractivity contribution < 1.29 is 9.57 Å². The summed E-state index contributed by atoms with van der Waals surface area (Å²) >= 11 is 0. The Labute approximate surface area is 144 Å². The monoisotopic (exact) mass is 326 g/mol.